The van der Waals surface area contributed by atoms with Crippen LogP contribution >= 0.6 is 0 Å². The van der Waals surface area contributed by atoms with E-state index in [1.165, 1.54) is 5.56 Å². The van der Waals surface area contributed by atoms with Gasteiger partial charge in [-0.25, -0.2) is 0 Å². The highest BCUT2D eigenvalue weighted by Gasteiger charge is 2.14. The minimum Gasteiger partial charge on any atom is -0.313 e. The van der Waals surface area contributed by atoms with Crippen molar-refractivity contribution in [3.8, 4) is 0 Å². The molecule has 68 valence electrons. The quantitative estimate of drug-likeness (QED) is 0.736. The van der Waals surface area contributed by atoms with E-state index >= 15 is 0 Å². The fourth-order valence-corrected chi connectivity index (χ4v) is 1.49. The molecule has 0 bridgehead atoms. The van der Waals surface area contributed by atoms with Gasteiger partial charge in [0.1, 0.15) is 0 Å². The first-order valence-corrected chi connectivity index (χ1v) is 4.31. The van der Waals surface area contributed by atoms with Crippen molar-refractivity contribution in [2.24, 2.45) is 13.0 Å². The molecule has 1 unspecified atom stereocenters. The molecule has 0 aliphatic carbocycles. The van der Waals surface area contributed by atoms with Crippen LogP contribution in [0.3, 0.4) is 0 Å². The van der Waals surface area contributed by atoms with Crippen LogP contribution in [0.2, 0.25) is 0 Å². The number of rotatable bonds is 3. The van der Waals surface area contributed by atoms with Crippen molar-refractivity contribution in [3.05, 3.63) is 18.0 Å². The van der Waals surface area contributed by atoms with Crippen LogP contribution in [0.5, 0.6) is 0 Å². The number of hydrogen-bond acceptors (Lipinski definition) is 2. The maximum absolute atomic E-state index is 4.14. The van der Waals surface area contributed by atoms with Crippen LogP contribution in [0.25, 0.3) is 0 Å². The highest BCUT2D eigenvalue weighted by Crippen LogP contribution is 2.19. The summed E-state index contributed by atoms with van der Waals surface area (Å²) in [7, 11) is 3.92. The third kappa shape index (κ3) is 1.85. The topological polar surface area (TPSA) is 29.9 Å². The zero-order valence-electron chi connectivity index (χ0n) is 8.20. The number of aromatic nitrogens is 2. The van der Waals surface area contributed by atoms with Crippen LogP contribution in [0.15, 0.2) is 12.4 Å². The van der Waals surface area contributed by atoms with Gasteiger partial charge in [0.25, 0.3) is 0 Å². The largest absolute Gasteiger partial charge is 0.313 e. The van der Waals surface area contributed by atoms with Gasteiger partial charge in [-0.3, -0.25) is 4.68 Å². The molecule has 0 amide bonds. The summed E-state index contributed by atoms with van der Waals surface area (Å²) < 4.78 is 1.84. The Morgan fingerprint density at radius 2 is 2.17 bits per heavy atom. The van der Waals surface area contributed by atoms with Crippen LogP contribution in [0, 0.1) is 5.92 Å². The third-order valence-electron chi connectivity index (χ3n) is 2.06. The van der Waals surface area contributed by atoms with Crippen LogP contribution in [-0.4, -0.2) is 16.8 Å². The molecular weight excluding hydrogens is 150 g/mol. The number of nitrogens with one attached hydrogen (secondary N) is 1. The van der Waals surface area contributed by atoms with Crippen LogP contribution < -0.4 is 5.32 Å². The molecule has 3 heteroatoms. The van der Waals surface area contributed by atoms with Crippen molar-refractivity contribution in [2.45, 2.75) is 19.9 Å². The van der Waals surface area contributed by atoms with Gasteiger partial charge in [-0.1, -0.05) is 13.8 Å². The second-order valence-corrected chi connectivity index (χ2v) is 3.46. The Balaban J connectivity index is 2.80. The average molecular weight is 167 g/mol. The van der Waals surface area contributed by atoms with Crippen molar-refractivity contribution in [2.75, 3.05) is 7.05 Å². The molecular formula is C9H17N3. The fraction of sp³-hybridized carbons (Fsp3) is 0.667. The van der Waals surface area contributed by atoms with Crippen LogP contribution in [0.1, 0.15) is 25.5 Å². The van der Waals surface area contributed by atoms with Gasteiger partial charge in [-0.2, -0.15) is 5.10 Å². The third-order valence-corrected chi connectivity index (χ3v) is 2.06. The van der Waals surface area contributed by atoms with Gasteiger partial charge < -0.3 is 5.32 Å². The van der Waals surface area contributed by atoms with Crippen LogP contribution in [0.4, 0.5) is 0 Å². The van der Waals surface area contributed by atoms with Gasteiger partial charge in [0.15, 0.2) is 0 Å². The lowest BCUT2D eigenvalue weighted by molar-refractivity contribution is 0.443. The average Bonchev–Trinajstić information content (AvgIpc) is 2.37. The second-order valence-electron chi connectivity index (χ2n) is 3.46. The lowest BCUT2D eigenvalue weighted by Gasteiger charge is -2.17. The van der Waals surface area contributed by atoms with Crippen molar-refractivity contribution in [1.82, 2.24) is 15.1 Å². The van der Waals surface area contributed by atoms with E-state index in [0.717, 1.165) is 0 Å². The van der Waals surface area contributed by atoms with E-state index < -0.39 is 0 Å². The lowest BCUT2D eigenvalue weighted by Crippen LogP contribution is -2.21. The molecule has 1 atom stereocenters. The minimum absolute atomic E-state index is 0.415. The molecule has 0 fully saturated rings. The Morgan fingerprint density at radius 1 is 1.50 bits per heavy atom. The van der Waals surface area contributed by atoms with Crippen LogP contribution in [-0.2, 0) is 7.05 Å². The van der Waals surface area contributed by atoms with E-state index in [-0.39, 0.29) is 0 Å². The Kier molecular flexibility index (Phi) is 2.87. The Morgan fingerprint density at radius 3 is 2.50 bits per heavy atom. The fourth-order valence-electron chi connectivity index (χ4n) is 1.49. The molecule has 0 aliphatic rings. The van der Waals surface area contributed by atoms with Crippen molar-refractivity contribution in [1.29, 1.82) is 0 Å². The smallest absolute Gasteiger partial charge is 0.0537 e. The molecule has 1 N–H and O–H groups in total. The maximum Gasteiger partial charge on any atom is 0.0537 e. The van der Waals surface area contributed by atoms with E-state index in [9.17, 15) is 0 Å². The Labute approximate surface area is 73.8 Å². The Bertz CT molecular complexity index is 240. The van der Waals surface area contributed by atoms with Gasteiger partial charge in [0.2, 0.25) is 0 Å². The summed E-state index contributed by atoms with van der Waals surface area (Å²) in [5, 5.41) is 7.42. The predicted molar refractivity (Wildman–Crippen MR) is 49.8 cm³/mol. The standard InChI is InChI=1S/C9H17N3/c1-7(2)9(10-3)8-5-11-12(4)6-8/h5-7,9-10H,1-4H3. The first kappa shape index (κ1) is 9.26. The summed E-state index contributed by atoms with van der Waals surface area (Å²) in [4.78, 5) is 0. The van der Waals surface area contributed by atoms with E-state index in [1.807, 2.05) is 25.0 Å². The summed E-state index contributed by atoms with van der Waals surface area (Å²) in [5.74, 6) is 0.596. The van der Waals surface area contributed by atoms with Crippen molar-refractivity contribution in [3.63, 3.8) is 0 Å². The summed E-state index contributed by atoms with van der Waals surface area (Å²) in [5.41, 5.74) is 1.26. The molecule has 1 heterocycles. The summed E-state index contributed by atoms with van der Waals surface area (Å²) in [6, 6.07) is 0.415. The normalized spacial score (nSPS) is 13.8. The SMILES string of the molecule is CNC(c1cnn(C)c1)C(C)C. The lowest BCUT2D eigenvalue weighted by atomic mass is 9.99. The van der Waals surface area contributed by atoms with Gasteiger partial charge in [-0.15, -0.1) is 0 Å². The van der Waals surface area contributed by atoms with Gasteiger partial charge in [0.05, 0.1) is 6.20 Å². The number of hydrogen-bond donors (Lipinski definition) is 1. The molecule has 0 aliphatic heterocycles. The molecule has 1 rings (SSSR count). The molecule has 0 saturated carbocycles. The first-order chi connectivity index (χ1) is 5.65. The molecule has 3 nitrogen and oxygen atoms in total. The van der Waals surface area contributed by atoms with Gasteiger partial charge in [0, 0.05) is 24.8 Å². The highest BCUT2D eigenvalue weighted by molar-refractivity contribution is 5.10. The van der Waals surface area contributed by atoms with E-state index in [2.05, 4.69) is 30.5 Å². The molecule has 0 radical (unpaired) electrons. The van der Waals surface area contributed by atoms with Crippen molar-refractivity contribution >= 4 is 0 Å². The van der Waals surface area contributed by atoms with E-state index in [1.54, 1.807) is 0 Å². The molecule has 12 heavy (non-hydrogen) atoms. The predicted octanol–water partition coefficient (Wildman–Crippen LogP) is 1.34. The van der Waals surface area contributed by atoms with Crippen molar-refractivity contribution < 1.29 is 0 Å². The number of nitrogens with zero attached hydrogens (tertiary/aromatic N) is 2. The highest BCUT2D eigenvalue weighted by atomic mass is 15.2. The summed E-state index contributed by atoms with van der Waals surface area (Å²) >= 11 is 0. The summed E-state index contributed by atoms with van der Waals surface area (Å²) in [6.45, 7) is 4.41. The van der Waals surface area contributed by atoms with E-state index in [4.69, 9.17) is 0 Å². The minimum atomic E-state index is 0.415. The van der Waals surface area contributed by atoms with Gasteiger partial charge >= 0.3 is 0 Å². The zero-order valence-corrected chi connectivity index (χ0v) is 8.20. The second kappa shape index (κ2) is 3.72. The van der Waals surface area contributed by atoms with Gasteiger partial charge in [-0.05, 0) is 13.0 Å². The summed E-state index contributed by atoms with van der Waals surface area (Å²) in [6.07, 6.45) is 3.97. The number of aryl methyl sites for hydroxylation is 1. The first-order valence-electron chi connectivity index (χ1n) is 4.31. The molecule has 0 saturated heterocycles. The zero-order chi connectivity index (χ0) is 9.14. The molecule has 1 aromatic rings. The molecule has 0 spiro atoms. The Hall–Kier alpha value is -0.830. The molecule has 0 aromatic carbocycles. The maximum atomic E-state index is 4.14. The van der Waals surface area contributed by atoms with E-state index in [0.29, 0.717) is 12.0 Å². The molecule has 1 aromatic heterocycles. The monoisotopic (exact) mass is 167 g/mol.